The summed E-state index contributed by atoms with van der Waals surface area (Å²) >= 11 is 0. The van der Waals surface area contributed by atoms with Crippen LogP contribution in [0.5, 0.6) is 0 Å². The molecule has 1 aliphatic rings. The number of nitrogens with zero attached hydrogens (tertiary/aromatic N) is 1. The van der Waals surface area contributed by atoms with E-state index in [4.69, 9.17) is 0 Å². The van der Waals surface area contributed by atoms with Crippen molar-refractivity contribution in [1.82, 2.24) is 4.90 Å². The van der Waals surface area contributed by atoms with Crippen LogP contribution in [0, 0.1) is 0 Å². The van der Waals surface area contributed by atoms with Gasteiger partial charge in [-0.3, -0.25) is 4.79 Å². The van der Waals surface area contributed by atoms with Crippen LogP contribution in [-0.2, 0) is 10.2 Å². The second-order valence-corrected chi connectivity index (χ2v) is 5.54. The summed E-state index contributed by atoms with van der Waals surface area (Å²) < 4.78 is 0. The zero-order chi connectivity index (χ0) is 13.7. The van der Waals surface area contributed by atoms with E-state index >= 15 is 0 Å². The molecule has 0 radical (unpaired) electrons. The average molecular weight is 259 g/mol. The number of unbranched alkanes of at least 4 members (excludes halogenated alkanes) is 1. The van der Waals surface area contributed by atoms with Crippen molar-refractivity contribution in [2.24, 2.45) is 0 Å². The molecule has 0 unspecified atom stereocenters. The van der Waals surface area contributed by atoms with Crippen molar-refractivity contribution >= 4 is 5.91 Å². The first kappa shape index (κ1) is 14.1. The molecule has 1 saturated carbocycles. The second kappa shape index (κ2) is 6.23. The smallest absolute Gasteiger partial charge is 0.233 e. The van der Waals surface area contributed by atoms with Crippen molar-refractivity contribution in [2.45, 2.75) is 51.4 Å². The third-order valence-corrected chi connectivity index (χ3v) is 4.39. The van der Waals surface area contributed by atoms with Gasteiger partial charge in [0.1, 0.15) is 0 Å². The van der Waals surface area contributed by atoms with E-state index in [1.54, 1.807) is 0 Å². The molecule has 0 N–H and O–H groups in total. The van der Waals surface area contributed by atoms with Crippen molar-refractivity contribution in [1.29, 1.82) is 0 Å². The first-order chi connectivity index (χ1) is 9.24. The van der Waals surface area contributed by atoms with Gasteiger partial charge in [-0.05, 0) is 31.7 Å². The average Bonchev–Trinajstić information content (AvgIpc) is 2.40. The maximum absolute atomic E-state index is 12.9. The Hall–Kier alpha value is -1.31. The fourth-order valence-corrected chi connectivity index (χ4v) is 2.97. The van der Waals surface area contributed by atoms with E-state index in [-0.39, 0.29) is 5.41 Å². The third kappa shape index (κ3) is 2.68. The fourth-order valence-electron chi connectivity index (χ4n) is 2.97. The Morgan fingerprint density at radius 2 is 1.89 bits per heavy atom. The van der Waals surface area contributed by atoms with Crippen LogP contribution >= 0.6 is 0 Å². The van der Waals surface area contributed by atoms with Crippen molar-refractivity contribution in [2.75, 3.05) is 13.1 Å². The molecule has 1 aromatic rings. The van der Waals surface area contributed by atoms with Gasteiger partial charge in [0.15, 0.2) is 0 Å². The van der Waals surface area contributed by atoms with Gasteiger partial charge in [0.25, 0.3) is 0 Å². The lowest BCUT2D eigenvalue weighted by Crippen LogP contribution is -2.51. The minimum absolute atomic E-state index is 0.217. The normalized spacial score (nSPS) is 16.7. The molecule has 0 atom stereocenters. The van der Waals surface area contributed by atoms with E-state index in [1.165, 1.54) is 12.0 Å². The molecule has 19 heavy (non-hydrogen) atoms. The van der Waals surface area contributed by atoms with Crippen LogP contribution in [0.15, 0.2) is 30.3 Å². The maximum Gasteiger partial charge on any atom is 0.233 e. The fraction of sp³-hybridized carbons (Fsp3) is 0.588. The largest absolute Gasteiger partial charge is 0.342 e. The van der Waals surface area contributed by atoms with Crippen molar-refractivity contribution < 1.29 is 4.79 Å². The summed E-state index contributed by atoms with van der Waals surface area (Å²) in [6.45, 7) is 5.99. The van der Waals surface area contributed by atoms with Crippen molar-refractivity contribution in [3.63, 3.8) is 0 Å². The summed E-state index contributed by atoms with van der Waals surface area (Å²) in [6.07, 6.45) is 5.44. The summed E-state index contributed by atoms with van der Waals surface area (Å²) in [7, 11) is 0. The monoisotopic (exact) mass is 259 g/mol. The first-order valence-electron chi connectivity index (χ1n) is 7.59. The number of benzene rings is 1. The van der Waals surface area contributed by atoms with Crippen molar-refractivity contribution in [3.05, 3.63) is 35.9 Å². The van der Waals surface area contributed by atoms with Gasteiger partial charge in [0.05, 0.1) is 5.41 Å². The summed E-state index contributed by atoms with van der Waals surface area (Å²) in [5.74, 6) is 0.348. The van der Waals surface area contributed by atoms with Crippen LogP contribution in [-0.4, -0.2) is 23.9 Å². The topological polar surface area (TPSA) is 20.3 Å². The molecule has 0 bridgehead atoms. The predicted molar refractivity (Wildman–Crippen MR) is 79.1 cm³/mol. The zero-order valence-electron chi connectivity index (χ0n) is 12.2. The summed E-state index contributed by atoms with van der Waals surface area (Å²) in [5, 5.41) is 0. The Labute approximate surface area is 116 Å². The third-order valence-electron chi connectivity index (χ3n) is 4.39. The Balaban J connectivity index is 2.19. The molecule has 1 aliphatic carbocycles. The highest BCUT2D eigenvalue weighted by Crippen LogP contribution is 2.45. The molecule has 0 heterocycles. The molecule has 2 heteroatoms. The van der Waals surface area contributed by atoms with Crippen molar-refractivity contribution in [3.8, 4) is 0 Å². The molecule has 104 valence electrons. The molecule has 1 amide bonds. The van der Waals surface area contributed by atoms with Gasteiger partial charge in [-0.15, -0.1) is 0 Å². The minimum atomic E-state index is -0.217. The van der Waals surface area contributed by atoms with E-state index in [2.05, 4.69) is 30.9 Å². The minimum Gasteiger partial charge on any atom is -0.342 e. The van der Waals surface area contributed by atoms with Crippen LogP contribution in [0.1, 0.15) is 51.5 Å². The van der Waals surface area contributed by atoms with E-state index < -0.39 is 0 Å². The molecule has 0 aromatic heterocycles. The molecule has 1 fully saturated rings. The Morgan fingerprint density at radius 1 is 1.21 bits per heavy atom. The molecular formula is C17H25NO. The van der Waals surface area contributed by atoms with Gasteiger partial charge < -0.3 is 4.90 Å². The lowest BCUT2D eigenvalue weighted by Gasteiger charge is -2.44. The zero-order valence-corrected chi connectivity index (χ0v) is 12.2. The summed E-state index contributed by atoms with van der Waals surface area (Å²) in [5.41, 5.74) is 0.992. The van der Waals surface area contributed by atoms with Gasteiger partial charge in [-0.25, -0.2) is 0 Å². The molecule has 1 aromatic carbocycles. The number of hydrogen-bond acceptors (Lipinski definition) is 1. The summed E-state index contributed by atoms with van der Waals surface area (Å²) in [6, 6.07) is 10.3. The highest BCUT2D eigenvalue weighted by Gasteiger charge is 2.47. The maximum atomic E-state index is 12.9. The highest BCUT2D eigenvalue weighted by molar-refractivity contribution is 5.89. The van der Waals surface area contributed by atoms with E-state index in [0.717, 1.165) is 38.8 Å². The van der Waals surface area contributed by atoms with Gasteiger partial charge >= 0.3 is 0 Å². The highest BCUT2D eigenvalue weighted by atomic mass is 16.2. The van der Waals surface area contributed by atoms with Crippen LogP contribution in [0.4, 0.5) is 0 Å². The van der Waals surface area contributed by atoms with Crippen LogP contribution in [0.25, 0.3) is 0 Å². The Morgan fingerprint density at radius 3 is 2.37 bits per heavy atom. The molecule has 0 saturated heterocycles. The lowest BCUT2D eigenvalue weighted by molar-refractivity contribution is -0.140. The first-order valence-corrected chi connectivity index (χ1v) is 7.59. The van der Waals surface area contributed by atoms with Crippen LogP contribution < -0.4 is 0 Å². The number of amides is 1. The second-order valence-electron chi connectivity index (χ2n) is 5.54. The van der Waals surface area contributed by atoms with Crippen LogP contribution in [0.3, 0.4) is 0 Å². The molecule has 0 spiro atoms. The van der Waals surface area contributed by atoms with Gasteiger partial charge in [0, 0.05) is 13.1 Å². The van der Waals surface area contributed by atoms with E-state index in [0.29, 0.717) is 5.91 Å². The molecular weight excluding hydrogens is 234 g/mol. The molecule has 0 aliphatic heterocycles. The van der Waals surface area contributed by atoms with Gasteiger partial charge in [-0.1, -0.05) is 50.1 Å². The quantitative estimate of drug-likeness (QED) is 0.761. The van der Waals surface area contributed by atoms with E-state index in [1.807, 2.05) is 18.2 Å². The van der Waals surface area contributed by atoms with E-state index in [9.17, 15) is 4.79 Å². The SMILES string of the molecule is CCCCN(CC)C(=O)C1(c2ccccc2)CCC1. The van der Waals surface area contributed by atoms with Gasteiger partial charge in [-0.2, -0.15) is 0 Å². The standard InChI is InChI=1S/C17H25NO/c1-3-5-14-18(4-2)16(19)17(12-9-13-17)15-10-7-6-8-11-15/h6-8,10-11H,3-5,9,12-14H2,1-2H3. The number of carbonyl (C=O) groups is 1. The molecule has 2 rings (SSSR count). The Kier molecular flexibility index (Phi) is 4.62. The molecule has 2 nitrogen and oxygen atoms in total. The number of rotatable bonds is 6. The number of carbonyl (C=O) groups excluding carboxylic acids is 1. The predicted octanol–water partition coefficient (Wildman–Crippen LogP) is 3.76. The lowest BCUT2D eigenvalue weighted by atomic mass is 9.63. The van der Waals surface area contributed by atoms with Crippen LogP contribution in [0.2, 0.25) is 0 Å². The summed E-state index contributed by atoms with van der Waals surface area (Å²) in [4.78, 5) is 15.0. The number of hydrogen-bond donors (Lipinski definition) is 0. The Bertz CT molecular complexity index is 409. The van der Waals surface area contributed by atoms with Gasteiger partial charge in [0.2, 0.25) is 5.91 Å². The number of likely N-dealkylation sites (N-methyl/N-ethyl adjacent to an activating group) is 1.